The maximum atomic E-state index is 5.83. The van der Waals surface area contributed by atoms with Gasteiger partial charge in [0.05, 0.1) is 30.0 Å². The number of pyridine rings is 2. The van der Waals surface area contributed by atoms with Crippen molar-refractivity contribution in [2.45, 2.75) is 32.5 Å². The molecule has 166 valence electrons. The molecule has 0 spiro atoms. The Bertz CT molecular complexity index is 1290. The zero-order valence-corrected chi connectivity index (χ0v) is 20.8. The summed E-state index contributed by atoms with van der Waals surface area (Å²) in [6.45, 7) is 4.96. The Labute approximate surface area is 207 Å². The number of aryl methyl sites for hydroxylation is 1. The third kappa shape index (κ3) is 4.18. The van der Waals surface area contributed by atoms with Gasteiger partial charge >= 0.3 is 0 Å². The van der Waals surface area contributed by atoms with E-state index in [1.807, 2.05) is 48.8 Å². The van der Waals surface area contributed by atoms with Gasteiger partial charge in [-0.05, 0) is 80.2 Å². The van der Waals surface area contributed by atoms with Gasteiger partial charge in [0.15, 0.2) is 5.11 Å². The third-order valence-electron chi connectivity index (χ3n) is 6.11. The van der Waals surface area contributed by atoms with Crippen LogP contribution in [0.3, 0.4) is 0 Å². The molecule has 0 unspecified atom stereocenters. The van der Waals surface area contributed by atoms with E-state index in [1.165, 1.54) is 17.0 Å². The van der Waals surface area contributed by atoms with Crippen LogP contribution in [0.15, 0.2) is 83.6 Å². The number of benzene rings is 1. The molecule has 1 saturated heterocycles. The van der Waals surface area contributed by atoms with Crippen molar-refractivity contribution in [1.29, 1.82) is 0 Å². The first-order chi connectivity index (χ1) is 16.0. The van der Waals surface area contributed by atoms with Crippen LogP contribution in [0.5, 0.6) is 0 Å². The maximum Gasteiger partial charge on any atom is 0.170 e. The molecule has 0 amide bonds. The van der Waals surface area contributed by atoms with Crippen molar-refractivity contribution in [3.05, 3.63) is 112 Å². The molecular weight excluding hydrogens is 494 g/mol. The van der Waals surface area contributed by atoms with Gasteiger partial charge in [-0.2, -0.15) is 0 Å². The summed E-state index contributed by atoms with van der Waals surface area (Å²) >= 11 is 9.45. The van der Waals surface area contributed by atoms with Crippen molar-refractivity contribution in [3.8, 4) is 5.69 Å². The number of aromatic nitrogens is 3. The van der Waals surface area contributed by atoms with Gasteiger partial charge < -0.3 is 14.8 Å². The van der Waals surface area contributed by atoms with Crippen LogP contribution in [0.2, 0.25) is 0 Å². The van der Waals surface area contributed by atoms with Crippen LogP contribution >= 0.6 is 28.1 Å². The molecule has 0 radical (unpaired) electrons. The normalized spacial score (nSPS) is 17.9. The van der Waals surface area contributed by atoms with Crippen molar-refractivity contribution in [1.82, 2.24) is 24.8 Å². The van der Waals surface area contributed by atoms with E-state index in [0.29, 0.717) is 11.7 Å². The van der Waals surface area contributed by atoms with Gasteiger partial charge in [-0.15, -0.1) is 0 Å². The largest absolute Gasteiger partial charge is 0.352 e. The van der Waals surface area contributed by atoms with E-state index in [0.717, 1.165) is 21.5 Å². The molecule has 1 N–H and O–H groups in total. The first-order valence-electron chi connectivity index (χ1n) is 10.9. The lowest BCUT2D eigenvalue weighted by Crippen LogP contribution is -2.29. The average Bonchev–Trinajstić information content (AvgIpc) is 3.30. The van der Waals surface area contributed by atoms with E-state index in [2.05, 4.69) is 84.9 Å². The van der Waals surface area contributed by atoms with Crippen molar-refractivity contribution >= 4 is 33.3 Å². The molecule has 4 aromatic rings. The summed E-state index contributed by atoms with van der Waals surface area (Å²) < 4.78 is 3.36. The number of thiocarbonyl (C=S) groups is 1. The predicted octanol–water partition coefficient (Wildman–Crippen LogP) is 5.82. The number of nitrogens with one attached hydrogen (secondary N) is 1. The average molecular weight is 518 g/mol. The fourth-order valence-electron chi connectivity index (χ4n) is 4.68. The van der Waals surface area contributed by atoms with Crippen molar-refractivity contribution in [2.24, 2.45) is 0 Å². The highest BCUT2D eigenvalue weighted by Gasteiger charge is 2.41. The fraction of sp³-hybridized carbons (Fsp3) is 0.192. The first kappa shape index (κ1) is 21.8. The molecule has 4 heterocycles. The van der Waals surface area contributed by atoms with Crippen LogP contribution in [0.1, 0.15) is 40.4 Å². The minimum absolute atomic E-state index is 0.0125. The second-order valence-corrected chi connectivity index (χ2v) is 9.52. The third-order valence-corrected chi connectivity index (χ3v) is 6.96. The van der Waals surface area contributed by atoms with E-state index >= 15 is 0 Å². The van der Waals surface area contributed by atoms with Crippen LogP contribution in [0, 0.1) is 13.8 Å². The molecule has 0 saturated carbocycles. The predicted molar refractivity (Wildman–Crippen MR) is 138 cm³/mol. The van der Waals surface area contributed by atoms with Gasteiger partial charge in [0.2, 0.25) is 0 Å². The lowest BCUT2D eigenvalue weighted by atomic mass is 9.96. The Morgan fingerprint density at radius 3 is 2.45 bits per heavy atom. The standard InChI is InChI=1S/C26H24BrN5S/c1-17-14-22(18(2)32(17)21-10-7-8-19(27)15-21)25-24(23-11-4-6-13-29-23)30-26(33)31(25)16-20-9-3-5-12-28-20/h3-15,24-25H,16H2,1-2H3,(H,30,33)/t24-,25+/m1/s1. The van der Waals surface area contributed by atoms with Crippen molar-refractivity contribution < 1.29 is 0 Å². The van der Waals surface area contributed by atoms with Crippen LogP contribution in [-0.2, 0) is 6.54 Å². The van der Waals surface area contributed by atoms with Crippen LogP contribution < -0.4 is 5.32 Å². The van der Waals surface area contributed by atoms with Crippen molar-refractivity contribution in [3.63, 3.8) is 0 Å². The summed E-state index contributed by atoms with van der Waals surface area (Å²) in [7, 11) is 0. The number of hydrogen-bond acceptors (Lipinski definition) is 3. The zero-order valence-electron chi connectivity index (χ0n) is 18.4. The molecular formula is C26H24BrN5S. The molecule has 1 aliphatic heterocycles. The summed E-state index contributed by atoms with van der Waals surface area (Å²) in [4.78, 5) is 11.5. The SMILES string of the molecule is Cc1cc([C@H]2[C@@H](c3ccccn3)NC(=S)N2Cc2ccccn2)c(C)n1-c1cccc(Br)c1. The Morgan fingerprint density at radius 1 is 0.970 bits per heavy atom. The molecule has 0 bridgehead atoms. The fourth-order valence-corrected chi connectivity index (χ4v) is 5.37. The summed E-state index contributed by atoms with van der Waals surface area (Å²) in [6.07, 6.45) is 3.66. The van der Waals surface area contributed by atoms with Crippen molar-refractivity contribution in [2.75, 3.05) is 0 Å². The lowest BCUT2D eigenvalue weighted by molar-refractivity contribution is 0.307. The minimum Gasteiger partial charge on any atom is -0.352 e. The van der Waals surface area contributed by atoms with Gasteiger partial charge in [-0.3, -0.25) is 9.97 Å². The summed E-state index contributed by atoms with van der Waals surface area (Å²) in [5.74, 6) is 0. The Balaban J connectivity index is 1.62. The summed E-state index contributed by atoms with van der Waals surface area (Å²) in [5, 5.41) is 4.26. The number of halogens is 1. The number of nitrogens with zero attached hydrogens (tertiary/aromatic N) is 4. The molecule has 1 aliphatic rings. The van der Waals surface area contributed by atoms with E-state index in [9.17, 15) is 0 Å². The molecule has 5 rings (SSSR count). The second-order valence-electron chi connectivity index (χ2n) is 8.22. The number of hydrogen-bond donors (Lipinski definition) is 1. The highest BCUT2D eigenvalue weighted by Crippen LogP contribution is 2.42. The molecule has 2 atom stereocenters. The highest BCUT2D eigenvalue weighted by atomic mass is 79.9. The van der Waals surface area contributed by atoms with Gasteiger partial charge in [0.1, 0.15) is 0 Å². The zero-order chi connectivity index (χ0) is 22.9. The minimum atomic E-state index is -0.0566. The van der Waals surface area contributed by atoms with Gasteiger partial charge in [0.25, 0.3) is 0 Å². The Kier molecular flexibility index (Phi) is 6.00. The van der Waals surface area contributed by atoms with E-state index in [4.69, 9.17) is 12.2 Å². The van der Waals surface area contributed by atoms with Crippen LogP contribution in [0.4, 0.5) is 0 Å². The molecule has 1 fully saturated rings. The molecule has 7 heteroatoms. The van der Waals surface area contributed by atoms with E-state index < -0.39 is 0 Å². The van der Waals surface area contributed by atoms with E-state index in [-0.39, 0.29) is 12.1 Å². The van der Waals surface area contributed by atoms with Gasteiger partial charge in [0, 0.05) is 33.9 Å². The molecule has 5 nitrogen and oxygen atoms in total. The maximum absolute atomic E-state index is 5.83. The number of rotatable bonds is 5. The second kappa shape index (κ2) is 9.08. The van der Waals surface area contributed by atoms with Crippen LogP contribution in [-0.4, -0.2) is 24.5 Å². The smallest absolute Gasteiger partial charge is 0.170 e. The quantitative estimate of drug-likeness (QED) is 0.338. The van der Waals surface area contributed by atoms with Gasteiger partial charge in [-0.1, -0.05) is 34.1 Å². The molecule has 0 aliphatic carbocycles. The lowest BCUT2D eigenvalue weighted by Gasteiger charge is -2.28. The monoisotopic (exact) mass is 517 g/mol. The first-order valence-corrected chi connectivity index (χ1v) is 12.1. The van der Waals surface area contributed by atoms with E-state index in [1.54, 1.807) is 0 Å². The molecule has 1 aromatic carbocycles. The highest BCUT2D eigenvalue weighted by molar-refractivity contribution is 9.10. The molecule has 33 heavy (non-hydrogen) atoms. The summed E-state index contributed by atoms with van der Waals surface area (Å²) in [5.41, 5.74) is 6.68. The summed E-state index contributed by atoms with van der Waals surface area (Å²) in [6, 6.07) is 22.6. The Hall–Kier alpha value is -3.03. The topological polar surface area (TPSA) is 46.0 Å². The Morgan fingerprint density at radius 2 is 1.76 bits per heavy atom. The molecule has 3 aromatic heterocycles. The van der Waals surface area contributed by atoms with Crippen LogP contribution in [0.25, 0.3) is 5.69 Å². The van der Waals surface area contributed by atoms with Gasteiger partial charge in [-0.25, -0.2) is 0 Å².